The monoisotopic (exact) mass is 279 g/mol. The number of aryl methyl sites for hydroxylation is 1. The highest BCUT2D eigenvalue weighted by molar-refractivity contribution is 5.48. The van der Waals surface area contributed by atoms with Crippen molar-refractivity contribution in [2.45, 2.75) is 38.0 Å². The van der Waals surface area contributed by atoms with E-state index in [1.807, 2.05) is 0 Å². The summed E-state index contributed by atoms with van der Waals surface area (Å²) in [7, 11) is 2.26. The molecule has 0 bridgehead atoms. The number of hydrogen-bond acceptors (Lipinski definition) is 1. The number of rotatable bonds is 1. The minimum Gasteiger partial charge on any atom is -0.306 e. The van der Waals surface area contributed by atoms with Crippen molar-refractivity contribution >= 4 is 0 Å². The molecular formula is C20H25N. The van der Waals surface area contributed by atoms with E-state index < -0.39 is 0 Å². The zero-order valence-electron chi connectivity index (χ0n) is 13.0. The predicted molar refractivity (Wildman–Crippen MR) is 88.5 cm³/mol. The van der Waals surface area contributed by atoms with Gasteiger partial charge in [0.15, 0.2) is 0 Å². The molecule has 1 nitrogen and oxygen atoms in total. The molecule has 1 heteroatoms. The summed E-state index contributed by atoms with van der Waals surface area (Å²) in [6.45, 7) is 2.52. The summed E-state index contributed by atoms with van der Waals surface area (Å²) >= 11 is 0. The second-order valence-corrected chi connectivity index (χ2v) is 6.98. The number of fused-ring (bicyclic) bond motifs is 1. The largest absolute Gasteiger partial charge is 0.306 e. The Hall–Kier alpha value is -1.34. The number of likely N-dealkylation sites (tertiary alicyclic amines) is 1. The molecule has 1 aromatic rings. The Balaban J connectivity index is 1.76. The van der Waals surface area contributed by atoms with E-state index >= 15 is 0 Å². The molecule has 1 heterocycles. The van der Waals surface area contributed by atoms with Gasteiger partial charge in [-0.05, 0) is 74.9 Å². The molecule has 1 saturated heterocycles. The van der Waals surface area contributed by atoms with Gasteiger partial charge in [0.2, 0.25) is 0 Å². The summed E-state index contributed by atoms with van der Waals surface area (Å²) in [5.41, 5.74) is 6.62. The Morgan fingerprint density at radius 1 is 1.05 bits per heavy atom. The Labute approximate surface area is 128 Å². The van der Waals surface area contributed by atoms with Crippen LogP contribution in [0.4, 0.5) is 0 Å². The van der Waals surface area contributed by atoms with Gasteiger partial charge in [0.05, 0.1) is 0 Å². The SMILES string of the molecule is CN1CCC(C2C3=C(CC=C3)CCc3ccccc32)CC1. The zero-order chi connectivity index (χ0) is 14.2. The lowest BCUT2D eigenvalue weighted by molar-refractivity contribution is 0.207. The van der Waals surface area contributed by atoms with Crippen molar-refractivity contribution in [3.8, 4) is 0 Å². The molecule has 4 rings (SSSR count). The van der Waals surface area contributed by atoms with E-state index in [-0.39, 0.29) is 0 Å². The van der Waals surface area contributed by atoms with Crippen molar-refractivity contribution < 1.29 is 0 Å². The smallest absolute Gasteiger partial charge is 0.0121 e. The van der Waals surface area contributed by atoms with Crippen LogP contribution in [0.25, 0.3) is 0 Å². The van der Waals surface area contributed by atoms with Crippen molar-refractivity contribution in [1.82, 2.24) is 4.90 Å². The molecule has 0 spiro atoms. The minimum atomic E-state index is 0.658. The van der Waals surface area contributed by atoms with Crippen molar-refractivity contribution in [1.29, 1.82) is 0 Å². The van der Waals surface area contributed by atoms with Crippen LogP contribution < -0.4 is 0 Å². The van der Waals surface area contributed by atoms with Crippen molar-refractivity contribution in [2.75, 3.05) is 20.1 Å². The highest BCUT2D eigenvalue weighted by atomic mass is 15.1. The fraction of sp³-hybridized carbons (Fsp3) is 0.500. The fourth-order valence-electron chi connectivity index (χ4n) is 4.52. The van der Waals surface area contributed by atoms with Gasteiger partial charge in [-0.2, -0.15) is 0 Å². The van der Waals surface area contributed by atoms with E-state index in [0.717, 1.165) is 5.92 Å². The van der Waals surface area contributed by atoms with Gasteiger partial charge in [0, 0.05) is 5.92 Å². The molecule has 1 aromatic carbocycles. The van der Waals surface area contributed by atoms with Crippen LogP contribution in [0.5, 0.6) is 0 Å². The van der Waals surface area contributed by atoms with Crippen LogP contribution in [0.15, 0.2) is 47.6 Å². The Bertz CT molecular complexity index is 588. The average Bonchev–Trinajstić information content (AvgIpc) is 2.91. The molecule has 0 amide bonds. The first-order valence-corrected chi connectivity index (χ1v) is 8.48. The summed E-state index contributed by atoms with van der Waals surface area (Å²) in [6.07, 6.45) is 11.2. The zero-order valence-corrected chi connectivity index (χ0v) is 13.0. The van der Waals surface area contributed by atoms with Gasteiger partial charge in [-0.1, -0.05) is 42.0 Å². The van der Waals surface area contributed by atoms with Gasteiger partial charge < -0.3 is 4.90 Å². The number of benzene rings is 1. The van der Waals surface area contributed by atoms with Crippen LogP contribution in [0.2, 0.25) is 0 Å². The van der Waals surface area contributed by atoms with Gasteiger partial charge >= 0.3 is 0 Å². The third kappa shape index (κ3) is 2.38. The molecule has 1 aliphatic heterocycles. The quantitative estimate of drug-likeness (QED) is 0.740. The lowest BCUT2D eigenvalue weighted by atomic mass is 9.75. The van der Waals surface area contributed by atoms with Crippen molar-refractivity contribution in [2.24, 2.45) is 5.92 Å². The predicted octanol–water partition coefficient (Wildman–Crippen LogP) is 4.31. The summed E-state index contributed by atoms with van der Waals surface area (Å²) in [5.74, 6) is 1.49. The van der Waals surface area contributed by atoms with E-state index in [1.165, 1.54) is 45.2 Å². The van der Waals surface area contributed by atoms with Crippen LogP contribution in [0, 0.1) is 5.92 Å². The van der Waals surface area contributed by atoms with Crippen LogP contribution in [-0.4, -0.2) is 25.0 Å². The average molecular weight is 279 g/mol. The summed E-state index contributed by atoms with van der Waals surface area (Å²) in [5, 5.41) is 0. The van der Waals surface area contributed by atoms with E-state index in [2.05, 4.69) is 48.4 Å². The highest BCUT2D eigenvalue weighted by Gasteiger charge is 2.33. The standard InChI is InChI=1S/C20H25N/c1-21-13-11-17(12-14-21)20-18-7-3-2-5-15(18)9-10-16-6-4-8-19(16)20/h2-5,7-8,17,20H,6,9-14H2,1H3. The Morgan fingerprint density at radius 3 is 2.71 bits per heavy atom. The second-order valence-electron chi connectivity index (χ2n) is 6.98. The number of allylic oxidation sites excluding steroid dienone is 4. The fourth-order valence-corrected chi connectivity index (χ4v) is 4.52. The number of hydrogen-bond donors (Lipinski definition) is 0. The molecule has 21 heavy (non-hydrogen) atoms. The van der Waals surface area contributed by atoms with Crippen LogP contribution in [0.1, 0.15) is 42.7 Å². The van der Waals surface area contributed by atoms with Gasteiger partial charge in [0.1, 0.15) is 0 Å². The maximum absolute atomic E-state index is 2.49. The van der Waals surface area contributed by atoms with Crippen molar-refractivity contribution in [3.05, 3.63) is 58.7 Å². The molecule has 0 radical (unpaired) electrons. The molecule has 1 unspecified atom stereocenters. The third-order valence-electron chi connectivity index (χ3n) is 5.73. The Kier molecular flexibility index (Phi) is 3.46. The van der Waals surface area contributed by atoms with Gasteiger partial charge in [-0.25, -0.2) is 0 Å². The van der Waals surface area contributed by atoms with Crippen LogP contribution in [-0.2, 0) is 6.42 Å². The molecular weight excluding hydrogens is 254 g/mol. The molecule has 2 aliphatic carbocycles. The van der Waals surface area contributed by atoms with E-state index in [4.69, 9.17) is 0 Å². The second kappa shape index (κ2) is 5.46. The summed E-state index contributed by atoms with van der Waals surface area (Å²) < 4.78 is 0. The van der Waals surface area contributed by atoms with E-state index in [9.17, 15) is 0 Å². The maximum atomic E-state index is 2.49. The lowest BCUT2D eigenvalue weighted by Crippen LogP contribution is -2.33. The molecule has 0 saturated carbocycles. The van der Waals surface area contributed by atoms with E-state index in [0.29, 0.717) is 5.92 Å². The Morgan fingerprint density at radius 2 is 1.86 bits per heavy atom. The van der Waals surface area contributed by atoms with Gasteiger partial charge in [-0.15, -0.1) is 0 Å². The first kappa shape index (κ1) is 13.3. The lowest BCUT2D eigenvalue weighted by Gasteiger charge is -2.35. The molecule has 0 N–H and O–H groups in total. The summed E-state index contributed by atoms with van der Waals surface area (Å²) in [4.78, 5) is 2.49. The normalized spacial score (nSPS) is 26.6. The third-order valence-corrected chi connectivity index (χ3v) is 5.73. The molecule has 1 fully saturated rings. The van der Waals surface area contributed by atoms with Crippen LogP contribution in [0.3, 0.4) is 0 Å². The summed E-state index contributed by atoms with van der Waals surface area (Å²) in [6, 6.07) is 9.23. The topological polar surface area (TPSA) is 3.24 Å². The van der Waals surface area contributed by atoms with Gasteiger partial charge in [0.25, 0.3) is 0 Å². The maximum Gasteiger partial charge on any atom is 0.0121 e. The first-order chi connectivity index (χ1) is 10.3. The number of nitrogens with zero attached hydrogens (tertiary/aromatic N) is 1. The molecule has 1 atom stereocenters. The first-order valence-electron chi connectivity index (χ1n) is 8.48. The number of piperidine rings is 1. The van der Waals surface area contributed by atoms with E-state index in [1.54, 1.807) is 22.3 Å². The van der Waals surface area contributed by atoms with Crippen LogP contribution >= 0.6 is 0 Å². The highest BCUT2D eigenvalue weighted by Crippen LogP contribution is 2.46. The minimum absolute atomic E-state index is 0.658. The molecule has 0 aromatic heterocycles. The molecule has 110 valence electrons. The van der Waals surface area contributed by atoms with Gasteiger partial charge in [-0.3, -0.25) is 0 Å². The molecule has 3 aliphatic rings. The van der Waals surface area contributed by atoms with Crippen molar-refractivity contribution in [3.63, 3.8) is 0 Å².